The fourth-order valence-electron chi connectivity index (χ4n) is 5.90. The average Bonchev–Trinajstić information content (AvgIpc) is 3.45. The Hall–Kier alpha value is -2.71. The lowest BCUT2D eigenvalue weighted by Crippen LogP contribution is -2.63. The molecule has 2 heterocycles. The van der Waals surface area contributed by atoms with Crippen molar-refractivity contribution < 1.29 is 38.4 Å². The number of nitrogens with zero attached hydrogens (tertiary/aromatic N) is 4. The van der Waals surface area contributed by atoms with Gasteiger partial charge in [0.1, 0.15) is 41.7 Å². The number of carbonyl (C=O) groups is 1. The minimum Gasteiger partial charge on any atom is -0.394 e. The van der Waals surface area contributed by atoms with Crippen LogP contribution in [0.2, 0.25) is 10.0 Å². The summed E-state index contributed by atoms with van der Waals surface area (Å²) in [6.07, 6.45) is -2.19. The van der Waals surface area contributed by atoms with Crippen LogP contribution < -0.4 is 4.90 Å². The van der Waals surface area contributed by atoms with Gasteiger partial charge >= 0.3 is 0 Å². The van der Waals surface area contributed by atoms with E-state index in [4.69, 9.17) is 32.7 Å². The molecule has 5 rings (SSSR count). The van der Waals surface area contributed by atoms with E-state index in [0.29, 0.717) is 18.5 Å². The zero-order chi connectivity index (χ0) is 31.0. The molecule has 1 aromatic heterocycles. The molecule has 3 aromatic rings. The Labute approximate surface area is 256 Å². The number of hydrogen-bond acceptors (Lipinski definition) is 8. The number of rotatable bonds is 7. The summed E-state index contributed by atoms with van der Waals surface area (Å²) in [5, 5.41) is 41.0. The van der Waals surface area contributed by atoms with E-state index in [-0.39, 0.29) is 26.9 Å². The number of ether oxygens (including phenoxy) is 2. The highest BCUT2D eigenvalue weighted by molar-refractivity contribution is 6.35. The van der Waals surface area contributed by atoms with Gasteiger partial charge in [0.05, 0.1) is 24.9 Å². The molecule has 10 nitrogen and oxygen atoms in total. The monoisotopic (exact) mass is 640 g/mol. The first-order chi connectivity index (χ1) is 20.5. The van der Waals surface area contributed by atoms with E-state index in [1.54, 1.807) is 12.1 Å². The smallest absolute Gasteiger partial charge is 0.259 e. The molecule has 1 aliphatic heterocycles. The quantitative estimate of drug-likeness (QED) is 0.355. The molecule has 0 spiro atoms. The van der Waals surface area contributed by atoms with Gasteiger partial charge in [-0.05, 0) is 50.1 Å². The molecule has 43 heavy (non-hydrogen) atoms. The fourth-order valence-corrected chi connectivity index (χ4v) is 6.41. The molecular formula is C29H32Cl2F2N4O6. The maximum atomic E-state index is 14.4. The number of carbonyl (C=O) groups excluding carboxylic acids is 1. The molecule has 232 valence electrons. The van der Waals surface area contributed by atoms with Crippen molar-refractivity contribution in [1.29, 1.82) is 0 Å². The number of hydrogen-bond donors (Lipinski definition) is 3. The summed E-state index contributed by atoms with van der Waals surface area (Å²) in [5.74, 6) is -2.14. The summed E-state index contributed by atoms with van der Waals surface area (Å²) < 4.78 is 41.5. The van der Waals surface area contributed by atoms with Crippen LogP contribution in [-0.2, 0) is 14.3 Å². The third-order valence-corrected chi connectivity index (χ3v) is 8.60. The van der Waals surface area contributed by atoms with Crippen LogP contribution in [0.25, 0.3) is 11.3 Å². The van der Waals surface area contributed by atoms with Crippen LogP contribution in [0.5, 0.6) is 0 Å². The Kier molecular flexibility index (Phi) is 9.67. The van der Waals surface area contributed by atoms with E-state index >= 15 is 0 Å². The Balaban J connectivity index is 1.55. The highest BCUT2D eigenvalue weighted by atomic mass is 35.5. The Morgan fingerprint density at radius 3 is 2.37 bits per heavy atom. The fraction of sp³-hybridized carbons (Fsp3) is 0.483. The van der Waals surface area contributed by atoms with Crippen molar-refractivity contribution in [2.45, 2.75) is 75.2 Å². The molecule has 1 amide bonds. The number of benzene rings is 2. The predicted molar refractivity (Wildman–Crippen MR) is 154 cm³/mol. The van der Waals surface area contributed by atoms with Crippen LogP contribution in [0.3, 0.4) is 0 Å². The molecule has 1 saturated heterocycles. The van der Waals surface area contributed by atoms with Crippen LogP contribution in [0.1, 0.15) is 37.3 Å². The summed E-state index contributed by atoms with van der Waals surface area (Å²) in [7, 11) is 1.33. The third kappa shape index (κ3) is 6.28. The minimum atomic E-state index is -1.42. The number of aromatic nitrogens is 3. The van der Waals surface area contributed by atoms with Gasteiger partial charge in [-0.15, -0.1) is 5.10 Å². The van der Waals surface area contributed by atoms with Gasteiger partial charge in [0.2, 0.25) is 0 Å². The van der Waals surface area contributed by atoms with Crippen LogP contribution in [0, 0.1) is 18.6 Å². The Morgan fingerprint density at radius 1 is 1.12 bits per heavy atom. The van der Waals surface area contributed by atoms with Crippen LogP contribution in [0.4, 0.5) is 14.5 Å². The number of halogens is 4. The van der Waals surface area contributed by atoms with Crippen molar-refractivity contribution in [3.05, 3.63) is 63.8 Å². The molecular weight excluding hydrogens is 609 g/mol. The normalized spacial score (nSPS) is 27.7. The molecule has 1 aliphatic carbocycles. The van der Waals surface area contributed by atoms with Crippen LogP contribution in [-0.4, -0.2) is 86.5 Å². The van der Waals surface area contributed by atoms with Gasteiger partial charge in [-0.2, -0.15) is 0 Å². The van der Waals surface area contributed by atoms with E-state index in [1.165, 1.54) is 35.9 Å². The van der Waals surface area contributed by atoms with Gasteiger partial charge in [-0.3, -0.25) is 4.79 Å². The SMILES string of the molecule is CO[C@@H]1[C@@H](n2cc(-c3cc(F)c(C)c(F)c3)nn2)[C@@H](O)[C@@H](CO)O[C@H]1C(=O)N(c1cc(Cl)cc(Cl)c1)[C@H]1CCCC[C@@H]1O. The van der Waals surface area contributed by atoms with Crippen molar-refractivity contribution in [2.24, 2.45) is 0 Å². The molecule has 1 saturated carbocycles. The van der Waals surface area contributed by atoms with E-state index in [1.807, 2.05) is 0 Å². The lowest BCUT2D eigenvalue weighted by Gasteiger charge is -2.46. The first-order valence-electron chi connectivity index (χ1n) is 13.9. The molecule has 7 atom stereocenters. The predicted octanol–water partition coefficient (Wildman–Crippen LogP) is 3.85. The van der Waals surface area contributed by atoms with E-state index in [9.17, 15) is 28.9 Å². The lowest BCUT2D eigenvalue weighted by atomic mass is 9.88. The summed E-state index contributed by atoms with van der Waals surface area (Å²) in [5.41, 5.74) is 0.414. The van der Waals surface area contributed by atoms with Gasteiger partial charge < -0.3 is 29.7 Å². The number of aliphatic hydroxyl groups is 3. The molecule has 3 N–H and O–H groups in total. The summed E-state index contributed by atoms with van der Waals surface area (Å²) in [6.45, 7) is 0.662. The van der Waals surface area contributed by atoms with Gasteiger partial charge in [0, 0.05) is 34.0 Å². The third-order valence-electron chi connectivity index (χ3n) is 8.16. The van der Waals surface area contributed by atoms with E-state index in [2.05, 4.69) is 10.3 Å². The minimum absolute atomic E-state index is 0.107. The zero-order valence-electron chi connectivity index (χ0n) is 23.4. The van der Waals surface area contributed by atoms with Crippen LogP contribution in [0.15, 0.2) is 36.5 Å². The van der Waals surface area contributed by atoms with E-state index < -0.39 is 66.8 Å². The maximum absolute atomic E-state index is 14.4. The number of methoxy groups -OCH3 is 1. The van der Waals surface area contributed by atoms with E-state index in [0.717, 1.165) is 25.0 Å². The summed E-state index contributed by atoms with van der Waals surface area (Å²) in [4.78, 5) is 15.8. The second-order valence-corrected chi connectivity index (χ2v) is 11.7. The van der Waals surface area contributed by atoms with Gasteiger partial charge in [0.25, 0.3) is 5.91 Å². The van der Waals surface area contributed by atoms with Gasteiger partial charge in [-0.25, -0.2) is 13.5 Å². The molecule has 2 fully saturated rings. The number of amides is 1. The molecule has 0 unspecified atom stereocenters. The average molecular weight is 641 g/mol. The first kappa shape index (κ1) is 31.7. The second-order valence-electron chi connectivity index (χ2n) is 10.9. The second kappa shape index (κ2) is 13.1. The Bertz CT molecular complexity index is 1440. The largest absolute Gasteiger partial charge is 0.394 e. The Morgan fingerprint density at radius 2 is 1.77 bits per heavy atom. The van der Waals surface area contributed by atoms with Crippen LogP contribution >= 0.6 is 23.2 Å². The van der Waals surface area contributed by atoms with Crippen molar-refractivity contribution in [2.75, 3.05) is 18.6 Å². The molecule has 0 radical (unpaired) electrons. The van der Waals surface area contributed by atoms with Gasteiger partial charge in [-0.1, -0.05) is 41.3 Å². The highest BCUT2D eigenvalue weighted by Gasteiger charge is 2.52. The van der Waals surface area contributed by atoms with Crippen molar-refractivity contribution in [3.8, 4) is 11.3 Å². The topological polar surface area (TPSA) is 130 Å². The standard InChI is InChI=1S/C29H32Cl2F2N4O6/c1-14-19(32)7-15(8-20(14)33)21-12-36(35-34-21)25-26(40)24(13-38)43-28(27(25)42-2)29(41)37(22-5-3-4-6-23(22)39)18-10-16(30)9-17(31)11-18/h7-12,22-28,38-40H,3-6,13H2,1-2H3/t22-,23-,24+,25-,26-,27+,28+/m0/s1. The number of anilines is 1. The molecule has 0 bridgehead atoms. The zero-order valence-corrected chi connectivity index (χ0v) is 24.9. The summed E-state index contributed by atoms with van der Waals surface area (Å²) in [6, 6.07) is 5.10. The first-order valence-corrected chi connectivity index (χ1v) is 14.6. The summed E-state index contributed by atoms with van der Waals surface area (Å²) >= 11 is 12.6. The molecule has 14 heteroatoms. The lowest BCUT2D eigenvalue weighted by molar-refractivity contribution is -0.211. The van der Waals surface area contributed by atoms with Gasteiger partial charge in [0.15, 0.2) is 6.10 Å². The van der Waals surface area contributed by atoms with Crippen molar-refractivity contribution in [3.63, 3.8) is 0 Å². The number of aliphatic hydroxyl groups excluding tert-OH is 3. The highest BCUT2D eigenvalue weighted by Crippen LogP contribution is 2.37. The van der Waals surface area contributed by atoms with Crippen molar-refractivity contribution >= 4 is 34.8 Å². The van der Waals surface area contributed by atoms with Crippen molar-refractivity contribution in [1.82, 2.24) is 15.0 Å². The molecule has 2 aliphatic rings. The maximum Gasteiger partial charge on any atom is 0.259 e. The molecule has 2 aromatic carbocycles.